The van der Waals surface area contributed by atoms with E-state index in [1.165, 1.54) is 25.0 Å². The normalized spacial score (nSPS) is 17.7. The average molecular weight is 314 g/mol. The van der Waals surface area contributed by atoms with E-state index in [0.717, 1.165) is 31.6 Å². The Morgan fingerprint density at radius 2 is 2.14 bits per heavy atom. The van der Waals surface area contributed by atoms with Gasteiger partial charge >= 0.3 is 0 Å². The average Bonchev–Trinajstić information content (AvgIpc) is 3.28. The first kappa shape index (κ1) is 16.7. The molecule has 4 heteroatoms. The summed E-state index contributed by atoms with van der Waals surface area (Å²) in [5.74, 6) is 0.365. The Bertz CT molecular complexity index is 450. The van der Waals surface area contributed by atoms with E-state index in [4.69, 9.17) is 16.3 Å². The molecule has 0 radical (unpaired) electrons. The number of nitrogens with one attached hydrogen (secondary N) is 1. The maximum atomic E-state index is 13.2. The Kier molecular flexibility index (Phi) is 6.46. The summed E-state index contributed by atoms with van der Waals surface area (Å²) in [7, 11) is 0. The molecule has 1 aromatic carbocycles. The molecule has 1 fully saturated rings. The van der Waals surface area contributed by atoms with Crippen LogP contribution in [-0.4, -0.2) is 25.3 Å². The molecule has 1 N–H and O–H groups in total. The minimum atomic E-state index is -0.287. The number of benzene rings is 1. The quantitative estimate of drug-likeness (QED) is 0.737. The van der Waals surface area contributed by atoms with Gasteiger partial charge in [-0.05, 0) is 62.8 Å². The van der Waals surface area contributed by atoms with Crippen LogP contribution in [0.2, 0.25) is 5.02 Å². The second-order valence-electron chi connectivity index (χ2n) is 5.76. The minimum Gasteiger partial charge on any atom is -0.377 e. The van der Waals surface area contributed by atoms with E-state index in [9.17, 15) is 4.39 Å². The summed E-state index contributed by atoms with van der Waals surface area (Å²) in [5, 5.41) is 4.09. The number of ether oxygens (including phenoxy) is 1. The molecule has 2 nitrogen and oxygen atoms in total. The van der Waals surface area contributed by atoms with Gasteiger partial charge in [-0.25, -0.2) is 4.39 Å². The van der Waals surface area contributed by atoms with Gasteiger partial charge in [-0.1, -0.05) is 24.6 Å². The zero-order valence-electron chi connectivity index (χ0n) is 12.9. The number of hydrogen-bond acceptors (Lipinski definition) is 2. The van der Waals surface area contributed by atoms with Crippen LogP contribution in [0.5, 0.6) is 0 Å². The lowest BCUT2D eigenvalue weighted by molar-refractivity contribution is 0.0192. The van der Waals surface area contributed by atoms with Gasteiger partial charge in [0.25, 0.3) is 0 Å². The van der Waals surface area contributed by atoms with Crippen molar-refractivity contribution in [2.45, 2.75) is 51.7 Å². The third kappa shape index (κ3) is 4.94. The van der Waals surface area contributed by atoms with Crippen molar-refractivity contribution in [3.05, 3.63) is 34.6 Å². The van der Waals surface area contributed by atoms with Crippen LogP contribution in [0.4, 0.5) is 4.39 Å². The number of rotatable bonds is 9. The lowest BCUT2D eigenvalue weighted by Gasteiger charge is -2.28. The van der Waals surface area contributed by atoms with Crippen molar-refractivity contribution in [2.24, 2.45) is 5.92 Å². The Morgan fingerprint density at radius 1 is 1.38 bits per heavy atom. The van der Waals surface area contributed by atoms with Gasteiger partial charge in [-0.15, -0.1) is 0 Å². The molecule has 0 saturated heterocycles. The van der Waals surface area contributed by atoms with Gasteiger partial charge in [-0.2, -0.15) is 0 Å². The van der Waals surface area contributed by atoms with Crippen molar-refractivity contribution < 1.29 is 9.13 Å². The molecular formula is C17H25ClFNO. The molecule has 2 unspecified atom stereocenters. The van der Waals surface area contributed by atoms with E-state index < -0.39 is 0 Å². The summed E-state index contributed by atoms with van der Waals surface area (Å²) < 4.78 is 19.2. The molecule has 0 aliphatic heterocycles. The predicted molar refractivity (Wildman–Crippen MR) is 85.3 cm³/mol. The molecule has 1 aliphatic carbocycles. The number of halogens is 2. The van der Waals surface area contributed by atoms with Gasteiger partial charge in [0.05, 0.1) is 6.10 Å². The fourth-order valence-corrected chi connectivity index (χ4v) is 3.00. The first-order valence-electron chi connectivity index (χ1n) is 7.94. The van der Waals surface area contributed by atoms with E-state index in [2.05, 4.69) is 12.2 Å². The zero-order valence-corrected chi connectivity index (χ0v) is 13.6. The van der Waals surface area contributed by atoms with Crippen molar-refractivity contribution in [2.75, 3.05) is 13.2 Å². The predicted octanol–water partition coefficient (Wildman–Crippen LogP) is 4.20. The maximum absolute atomic E-state index is 13.2. The molecule has 0 spiro atoms. The molecule has 2 rings (SSSR count). The molecule has 1 saturated carbocycles. The first-order chi connectivity index (χ1) is 10.2. The van der Waals surface area contributed by atoms with Crippen LogP contribution < -0.4 is 5.32 Å². The summed E-state index contributed by atoms with van der Waals surface area (Å²) >= 11 is 6.18. The van der Waals surface area contributed by atoms with Gasteiger partial charge in [0, 0.05) is 17.7 Å². The summed E-state index contributed by atoms with van der Waals surface area (Å²) in [6.07, 6.45) is 4.57. The van der Waals surface area contributed by atoms with Gasteiger partial charge in [0.1, 0.15) is 5.82 Å². The third-order valence-corrected chi connectivity index (χ3v) is 4.31. The fourth-order valence-electron chi connectivity index (χ4n) is 2.76. The summed E-state index contributed by atoms with van der Waals surface area (Å²) in [4.78, 5) is 0. The lowest BCUT2D eigenvalue weighted by atomic mass is 9.97. The van der Waals surface area contributed by atoms with Crippen molar-refractivity contribution in [1.82, 2.24) is 5.32 Å². The molecule has 0 bridgehead atoms. The van der Waals surface area contributed by atoms with Crippen LogP contribution in [-0.2, 0) is 11.2 Å². The van der Waals surface area contributed by atoms with E-state index in [1.54, 1.807) is 6.07 Å². The molecule has 0 amide bonds. The van der Waals surface area contributed by atoms with E-state index in [-0.39, 0.29) is 18.0 Å². The molecular weight excluding hydrogens is 289 g/mol. The van der Waals surface area contributed by atoms with Gasteiger partial charge in [0.2, 0.25) is 0 Å². The zero-order chi connectivity index (χ0) is 15.2. The summed E-state index contributed by atoms with van der Waals surface area (Å²) in [5.41, 5.74) is 0.983. The van der Waals surface area contributed by atoms with Gasteiger partial charge < -0.3 is 10.1 Å². The molecule has 0 heterocycles. The maximum Gasteiger partial charge on any atom is 0.124 e. The molecule has 1 aromatic rings. The largest absolute Gasteiger partial charge is 0.377 e. The highest BCUT2D eigenvalue weighted by molar-refractivity contribution is 6.31. The van der Waals surface area contributed by atoms with Crippen LogP contribution in [0.3, 0.4) is 0 Å². The molecule has 2 atom stereocenters. The highest BCUT2D eigenvalue weighted by atomic mass is 35.5. The molecule has 1 aliphatic rings. The van der Waals surface area contributed by atoms with Crippen molar-refractivity contribution in [3.8, 4) is 0 Å². The molecule has 21 heavy (non-hydrogen) atoms. The van der Waals surface area contributed by atoms with E-state index >= 15 is 0 Å². The Hall–Kier alpha value is -0.640. The van der Waals surface area contributed by atoms with Crippen LogP contribution in [0.15, 0.2) is 18.2 Å². The molecule has 0 aromatic heterocycles. The topological polar surface area (TPSA) is 21.3 Å². The van der Waals surface area contributed by atoms with Crippen LogP contribution in [0, 0.1) is 11.7 Å². The summed E-state index contributed by atoms with van der Waals surface area (Å²) in [6, 6.07) is 4.89. The van der Waals surface area contributed by atoms with Crippen LogP contribution in [0.1, 0.15) is 38.7 Å². The van der Waals surface area contributed by atoms with Crippen molar-refractivity contribution in [3.63, 3.8) is 0 Å². The Labute approximate surface area is 132 Å². The second-order valence-corrected chi connectivity index (χ2v) is 6.17. The van der Waals surface area contributed by atoms with Crippen molar-refractivity contribution in [1.29, 1.82) is 0 Å². The highest BCUT2D eigenvalue weighted by Crippen LogP contribution is 2.37. The SMILES string of the molecule is CCCNC(Cc1ccc(F)cc1Cl)C(OCC)C1CC1. The highest BCUT2D eigenvalue weighted by Gasteiger charge is 2.37. The fraction of sp³-hybridized carbons (Fsp3) is 0.647. The van der Waals surface area contributed by atoms with E-state index in [1.807, 2.05) is 6.92 Å². The molecule has 118 valence electrons. The van der Waals surface area contributed by atoms with Crippen LogP contribution in [0.25, 0.3) is 0 Å². The standard InChI is InChI=1S/C17H25ClFNO/c1-3-9-20-16(17(21-4-2)12-5-6-12)10-13-7-8-14(19)11-15(13)18/h7-8,11-12,16-17,20H,3-6,9-10H2,1-2H3. The third-order valence-electron chi connectivity index (χ3n) is 3.95. The monoisotopic (exact) mass is 313 g/mol. The second kappa shape index (κ2) is 8.11. The lowest BCUT2D eigenvalue weighted by Crippen LogP contribution is -2.44. The van der Waals surface area contributed by atoms with Gasteiger partial charge in [-0.3, -0.25) is 0 Å². The smallest absolute Gasteiger partial charge is 0.124 e. The first-order valence-corrected chi connectivity index (χ1v) is 8.32. The van der Waals surface area contributed by atoms with Gasteiger partial charge in [0.15, 0.2) is 0 Å². The Morgan fingerprint density at radius 3 is 2.71 bits per heavy atom. The van der Waals surface area contributed by atoms with Crippen LogP contribution >= 0.6 is 11.6 Å². The number of hydrogen-bond donors (Lipinski definition) is 1. The minimum absolute atomic E-state index is 0.225. The summed E-state index contributed by atoms with van der Waals surface area (Å²) in [6.45, 7) is 5.88. The Balaban J connectivity index is 2.10. The van der Waals surface area contributed by atoms with E-state index in [0.29, 0.717) is 10.9 Å². The van der Waals surface area contributed by atoms with Crippen molar-refractivity contribution >= 4 is 11.6 Å².